The predicted octanol–water partition coefficient (Wildman–Crippen LogP) is -0.401. The molecule has 2 rings (SSSR count). The van der Waals surface area contributed by atoms with Crippen molar-refractivity contribution < 1.29 is 46.4 Å². The number of amides is 2. The summed E-state index contributed by atoms with van der Waals surface area (Å²) in [5.74, 6) is -6.30. The smallest absolute Gasteiger partial charge is 0.400 e. The number of nitrogens with zero attached hydrogens (tertiary/aromatic N) is 1. The molecule has 3 atom stereocenters. The van der Waals surface area contributed by atoms with E-state index in [9.17, 15) is 41.7 Å². The van der Waals surface area contributed by atoms with Crippen LogP contribution >= 0.6 is 11.8 Å². The third-order valence-electron chi connectivity index (χ3n) is 3.63. The van der Waals surface area contributed by atoms with Gasteiger partial charge in [0.2, 0.25) is 5.91 Å². The number of nitrogens with one attached hydrogen (secondary N) is 1. The number of rotatable bonds is 7. The molecule has 0 spiro atoms. The van der Waals surface area contributed by atoms with Crippen molar-refractivity contribution in [1.29, 1.82) is 0 Å². The number of carbonyl (C=O) groups is 4. The Bertz CT molecular complexity index is 769. The van der Waals surface area contributed by atoms with Crippen molar-refractivity contribution in [1.82, 2.24) is 10.2 Å². The summed E-state index contributed by atoms with van der Waals surface area (Å²) < 4.78 is 52.6. The van der Waals surface area contributed by atoms with E-state index in [1.165, 1.54) is 0 Å². The molecule has 14 heteroatoms. The van der Waals surface area contributed by atoms with Gasteiger partial charge in [-0.05, 0) is 0 Å². The third-order valence-corrected chi connectivity index (χ3v) is 6.21. The molecule has 1 unspecified atom stereocenters. The van der Waals surface area contributed by atoms with Crippen LogP contribution in [-0.4, -0.2) is 79.4 Å². The summed E-state index contributed by atoms with van der Waals surface area (Å²) in [5, 5.41) is 10.8. The minimum atomic E-state index is -4.69. The van der Waals surface area contributed by atoms with Crippen molar-refractivity contribution in [2.45, 2.75) is 24.5 Å². The quantitative estimate of drug-likeness (QED) is 0.401. The highest BCUT2D eigenvalue weighted by atomic mass is 32.2. The maximum Gasteiger partial charge on any atom is 0.400 e. The topological polar surface area (TPSA) is 130 Å². The molecule has 2 heterocycles. The van der Waals surface area contributed by atoms with Gasteiger partial charge < -0.3 is 15.2 Å². The summed E-state index contributed by atoms with van der Waals surface area (Å²) >= 11 is 1.10. The highest BCUT2D eigenvalue weighted by Crippen LogP contribution is 2.40. The van der Waals surface area contributed by atoms with E-state index in [2.05, 4.69) is 5.32 Å². The predicted molar refractivity (Wildman–Crippen MR) is 90.2 cm³/mol. The average Bonchev–Trinajstić information content (AvgIpc) is 2.54. The number of carboxylic acids is 1. The fourth-order valence-corrected chi connectivity index (χ4v) is 4.75. The lowest BCUT2D eigenvalue weighted by atomic mass is 10.0. The zero-order chi connectivity index (χ0) is 21.2. The monoisotopic (exact) mass is 444 g/mol. The van der Waals surface area contributed by atoms with E-state index in [1.54, 1.807) is 0 Å². The van der Waals surface area contributed by atoms with E-state index in [4.69, 9.17) is 4.74 Å². The zero-order valence-electron chi connectivity index (χ0n) is 14.3. The molecule has 0 aromatic heterocycles. The molecule has 1 fully saturated rings. The molecule has 0 aromatic carbocycles. The molecule has 0 radical (unpaired) electrons. The first-order valence-electron chi connectivity index (χ1n) is 7.65. The second-order valence-electron chi connectivity index (χ2n) is 5.84. The van der Waals surface area contributed by atoms with Gasteiger partial charge in [0.25, 0.3) is 5.91 Å². The summed E-state index contributed by atoms with van der Waals surface area (Å²) in [6.07, 6.45) is -4.69. The van der Waals surface area contributed by atoms with Gasteiger partial charge in [-0.2, -0.15) is 13.2 Å². The summed E-state index contributed by atoms with van der Waals surface area (Å²) in [5.41, 5.74) is -0.158. The van der Waals surface area contributed by atoms with Crippen LogP contribution in [0, 0.1) is 0 Å². The number of β-lactam (4-membered cyclic amide) rings is 1. The molecule has 0 aromatic rings. The van der Waals surface area contributed by atoms with Crippen molar-refractivity contribution >= 4 is 46.3 Å². The van der Waals surface area contributed by atoms with E-state index < -0.39 is 63.7 Å². The fraction of sp³-hybridized carbons (Fsp3) is 0.571. The number of alkyl halides is 3. The first-order valence-corrected chi connectivity index (χ1v) is 10.2. The lowest BCUT2D eigenvalue weighted by molar-refractivity contribution is -0.150. The van der Waals surface area contributed by atoms with Crippen molar-refractivity contribution in [3.63, 3.8) is 0 Å². The Hall–Kier alpha value is -2.09. The molecule has 28 heavy (non-hydrogen) atoms. The largest absolute Gasteiger partial charge is 0.477 e. The Morgan fingerprint density at radius 2 is 2.04 bits per heavy atom. The van der Waals surface area contributed by atoms with E-state index in [0.717, 1.165) is 23.6 Å². The van der Waals surface area contributed by atoms with Crippen molar-refractivity contribution in [2.75, 3.05) is 23.9 Å². The minimum Gasteiger partial charge on any atom is -0.477 e. The Labute approximate surface area is 163 Å². The summed E-state index contributed by atoms with van der Waals surface area (Å²) in [6.45, 7) is 0.830. The molecule has 0 saturated carbocycles. The number of thioether (sulfide) groups is 1. The van der Waals surface area contributed by atoms with E-state index in [1.807, 2.05) is 0 Å². The van der Waals surface area contributed by atoms with Crippen LogP contribution in [0.5, 0.6) is 0 Å². The van der Waals surface area contributed by atoms with Gasteiger partial charge >= 0.3 is 18.1 Å². The van der Waals surface area contributed by atoms with Crippen LogP contribution in [-0.2, 0) is 34.7 Å². The number of carboxylic acid groups (broad SMARTS) is 1. The molecule has 0 aliphatic carbocycles. The summed E-state index contributed by atoms with van der Waals surface area (Å²) in [7, 11) is -2.48. The molecule has 2 N–H and O–H groups in total. The van der Waals surface area contributed by atoms with E-state index in [0.29, 0.717) is 0 Å². The SMILES string of the molecule is CC(=O)OCC1=C(C(=O)O)N2C(=O)[C@@H](NC(=O)CS(=O)CC(F)(F)F)[C@H]2SC1. The number of fused-ring (bicyclic) bond motifs is 1. The molecule has 0 bridgehead atoms. The first kappa shape index (κ1) is 22.2. The number of hydrogen-bond acceptors (Lipinski definition) is 7. The Morgan fingerprint density at radius 3 is 2.57 bits per heavy atom. The molecule has 1 saturated heterocycles. The second kappa shape index (κ2) is 8.51. The van der Waals surface area contributed by atoms with Gasteiger partial charge in [-0.15, -0.1) is 11.8 Å². The summed E-state index contributed by atoms with van der Waals surface area (Å²) in [4.78, 5) is 47.4. The Kier molecular flexibility index (Phi) is 6.75. The zero-order valence-corrected chi connectivity index (χ0v) is 15.9. The molecule has 2 aliphatic heterocycles. The second-order valence-corrected chi connectivity index (χ2v) is 8.40. The maximum absolute atomic E-state index is 12.3. The van der Waals surface area contributed by atoms with Gasteiger partial charge in [-0.25, -0.2) is 4.79 Å². The van der Waals surface area contributed by atoms with Crippen molar-refractivity contribution in [3.8, 4) is 0 Å². The average molecular weight is 444 g/mol. The van der Waals surface area contributed by atoms with Crippen LogP contribution in [0.4, 0.5) is 13.2 Å². The van der Waals surface area contributed by atoms with Crippen LogP contribution in [0.15, 0.2) is 11.3 Å². The standard InChI is InChI=1S/C14H15F3N2O7S2/c1-6(20)26-2-7-3-27-12-9(11(22)19(12)10(7)13(23)24)18-8(21)4-28(25)5-14(15,16)17/h9,12H,2-5H2,1H3,(H,18,21)(H,23,24)/t9-,12-,28?/m1/s1. The number of halogens is 3. The molecular weight excluding hydrogens is 429 g/mol. The van der Waals surface area contributed by atoms with Crippen LogP contribution in [0.2, 0.25) is 0 Å². The lowest BCUT2D eigenvalue weighted by Gasteiger charge is -2.49. The lowest BCUT2D eigenvalue weighted by Crippen LogP contribution is -2.71. The normalized spacial score (nSPS) is 22.9. The number of ether oxygens (including phenoxy) is 1. The van der Waals surface area contributed by atoms with Crippen molar-refractivity contribution in [3.05, 3.63) is 11.3 Å². The Morgan fingerprint density at radius 1 is 1.39 bits per heavy atom. The summed E-state index contributed by atoms with van der Waals surface area (Å²) in [6, 6.07) is -1.15. The molecule has 9 nitrogen and oxygen atoms in total. The minimum absolute atomic E-state index is 0.107. The number of esters is 1. The number of carbonyl (C=O) groups excluding carboxylic acids is 3. The molecule has 2 amide bonds. The van der Waals surface area contributed by atoms with Gasteiger partial charge in [-0.1, -0.05) is 0 Å². The van der Waals surface area contributed by atoms with Gasteiger partial charge in [0.1, 0.15) is 35.2 Å². The van der Waals surface area contributed by atoms with Crippen molar-refractivity contribution in [2.24, 2.45) is 0 Å². The molecule has 156 valence electrons. The maximum atomic E-state index is 12.3. The van der Waals surface area contributed by atoms with Crippen LogP contribution < -0.4 is 5.32 Å². The first-order chi connectivity index (χ1) is 12.9. The molecular formula is C14H15F3N2O7S2. The van der Waals surface area contributed by atoms with Crippen LogP contribution in [0.1, 0.15) is 6.92 Å². The van der Waals surface area contributed by atoms with Gasteiger partial charge in [0.05, 0.1) is 0 Å². The highest BCUT2D eigenvalue weighted by molar-refractivity contribution is 8.00. The van der Waals surface area contributed by atoms with Gasteiger partial charge in [0, 0.05) is 29.0 Å². The number of aliphatic carboxylic acids is 1. The molecule has 2 aliphatic rings. The van der Waals surface area contributed by atoms with E-state index >= 15 is 0 Å². The Balaban J connectivity index is 2.03. The van der Waals surface area contributed by atoms with Crippen LogP contribution in [0.3, 0.4) is 0 Å². The van der Waals surface area contributed by atoms with Gasteiger partial charge in [-0.3, -0.25) is 23.5 Å². The van der Waals surface area contributed by atoms with E-state index in [-0.39, 0.29) is 23.6 Å². The van der Waals surface area contributed by atoms with Crippen LogP contribution in [0.25, 0.3) is 0 Å². The number of hydrogen-bond donors (Lipinski definition) is 2. The highest BCUT2D eigenvalue weighted by Gasteiger charge is 2.54. The van der Waals surface area contributed by atoms with Gasteiger partial charge in [0.15, 0.2) is 0 Å². The third kappa shape index (κ3) is 5.25. The fourth-order valence-electron chi connectivity index (χ4n) is 2.58.